The third-order valence-corrected chi connectivity index (χ3v) is 6.70. The van der Waals surface area contributed by atoms with E-state index in [4.69, 9.17) is 11.6 Å². The Balaban J connectivity index is 1.51. The molecule has 1 aliphatic rings. The van der Waals surface area contributed by atoms with Gasteiger partial charge in [0.2, 0.25) is 0 Å². The maximum Gasteiger partial charge on any atom is 0.283 e. The van der Waals surface area contributed by atoms with Crippen molar-refractivity contribution in [1.29, 1.82) is 0 Å². The number of benzene rings is 3. The largest absolute Gasteiger partial charge is 0.350 e. The number of hydrogen-bond donors (Lipinski definition) is 2. The van der Waals surface area contributed by atoms with Gasteiger partial charge in [-0.15, -0.1) is 0 Å². The maximum absolute atomic E-state index is 13.2. The van der Waals surface area contributed by atoms with Crippen LogP contribution in [0.1, 0.15) is 52.4 Å². The molecule has 0 radical (unpaired) electrons. The molecule has 2 N–H and O–H groups in total. The maximum atomic E-state index is 13.2. The van der Waals surface area contributed by atoms with Gasteiger partial charge in [0.05, 0.1) is 5.69 Å². The monoisotopic (exact) mass is 515 g/mol. The average molecular weight is 516 g/mol. The molecule has 0 saturated heterocycles. The van der Waals surface area contributed by atoms with Gasteiger partial charge in [0.1, 0.15) is 10.7 Å². The SMILES string of the molecule is CCCCc1ccc(N2C(=O)C(Cl)=C(Nc3cccc(C(=O)Nc4c(C)cc(C)cc4C)c3)C2=O)cc1. The van der Waals surface area contributed by atoms with Crippen LogP contribution in [0.3, 0.4) is 0 Å². The third-order valence-electron chi connectivity index (χ3n) is 6.35. The fraction of sp³-hybridized carbons (Fsp3) is 0.233. The molecule has 1 heterocycles. The Bertz CT molecular complexity index is 1390. The van der Waals surface area contributed by atoms with Crippen LogP contribution in [0.4, 0.5) is 17.1 Å². The summed E-state index contributed by atoms with van der Waals surface area (Å²) in [6.07, 6.45) is 3.11. The summed E-state index contributed by atoms with van der Waals surface area (Å²) < 4.78 is 0. The van der Waals surface area contributed by atoms with Crippen molar-refractivity contribution in [3.8, 4) is 0 Å². The number of unbranched alkanes of at least 4 members (excludes halogenated alkanes) is 1. The molecule has 0 fully saturated rings. The number of anilines is 3. The Hall–Kier alpha value is -3.90. The molecule has 0 saturated carbocycles. The smallest absolute Gasteiger partial charge is 0.283 e. The number of hydrogen-bond acceptors (Lipinski definition) is 4. The Morgan fingerprint density at radius 2 is 1.59 bits per heavy atom. The van der Waals surface area contributed by atoms with E-state index in [0.717, 1.165) is 52.1 Å². The summed E-state index contributed by atoms with van der Waals surface area (Å²) in [6, 6.07) is 18.1. The Morgan fingerprint density at radius 1 is 0.919 bits per heavy atom. The van der Waals surface area contributed by atoms with Gasteiger partial charge in [-0.2, -0.15) is 0 Å². The zero-order valence-corrected chi connectivity index (χ0v) is 22.2. The van der Waals surface area contributed by atoms with Crippen molar-refractivity contribution < 1.29 is 14.4 Å². The highest BCUT2D eigenvalue weighted by Gasteiger charge is 2.39. The molecule has 37 heavy (non-hydrogen) atoms. The number of nitrogens with zero attached hydrogens (tertiary/aromatic N) is 1. The molecule has 0 unspecified atom stereocenters. The second kappa shape index (κ2) is 11.0. The fourth-order valence-electron chi connectivity index (χ4n) is 4.48. The summed E-state index contributed by atoms with van der Waals surface area (Å²) >= 11 is 6.30. The molecule has 7 heteroatoms. The van der Waals surface area contributed by atoms with Crippen molar-refractivity contribution in [3.63, 3.8) is 0 Å². The normalized spacial score (nSPS) is 13.4. The molecule has 1 aliphatic heterocycles. The lowest BCUT2D eigenvalue weighted by Crippen LogP contribution is -2.32. The van der Waals surface area contributed by atoms with Crippen LogP contribution < -0.4 is 15.5 Å². The van der Waals surface area contributed by atoms with Gasteiger partial charge in [-0.05, 0) is 80.6 Å². The Labute approximate surface area is 222 Å². The minimum atomic E-state index is -0.588. The van der Waals surface area contributed by atoms with E-state index < -0.39 is 11.8 Å². The van der Waals surface area contributed by atoms with E-state index in [1.165, 1.54) is 0 Å². The first-order valence-electron chi connectivity index (χ1n) is 12.3. The molecule has 0 aromatic heterocycles. The van der Waals surface area contributed by atoms with Gasteiger partial charge in [0.15, 0.2) is 0 Å². The van der Waals surface area contributed by atoms with Gasteiger partial charge >= 0.3 is 0 Å². The minimum Gasteiger partial charge on any atom is -0.350 e. The summed E-state index contributed by atoms with van der Waals surface area (Å²) in [5, 5.41) is 5.74. The summed E-state index contributed by atoms with van der Waals surface area (Å²) in [5.74, 6) is -1.41. The highest BCUT2D eigenvalue weighted by Crippen LogP contribution is 2.31. The van der Waals surface area contributed by atoms with Gasteiger partial charge in [-0.1, -0.05) is 60.8 Å². The van der Waals surface area contributed by atoms with Crippen LogP contribution in [0.5, 0.6) is 0 Å². The molecule has 0 spiro atoms. The van der Waals surface area contributed by atoms with Crippen molar-refractivity contribution in [1.82, 2.24) is 0 Å². The summed E-state index contributed by atoms with van der Waals surface area (Å²) in [6.45, 7) is 8.05. The van der Waals surface area contributed by atoms with E-state index in [2.05, 4.69) is 17.6 Å². The van der Waals surface area contributed by atoms with Crippen molar-refractivity contribution >= 4 is 46.4 Å². The van der Waals surface area contributed by atoms with E-state index >= 15 is 0 Å². The number of rotatable bonds is 8. The average Bonchev–Trinajstić information content (AvgIpc) is 3.08. The summed E-state index contributed by atoms with van der Waals surface area (Å²) in [5.41, 5.74) is 6.30. The van der Waals surface area contributed by atoms with Crippen LogP contribution in [-0.2, 0) is 16.0 Å². The highest BCUT2D eigenvalue weighted by molar-refractivity contribution is 6.53. The first-order valence-corrected chi connectivity index (χ1v) is 12.7. The lowest BCUT2D eigenvalue weighted by molar-refractivity contribution is -0.120. The minimum absolute atomic E-state index is 0.0236. The second-order valence-corrected chi connectivity index (χ2v) is 9.72. The van der Waals surface area contributed by atoms with E-state index in [0.29, 0.717) is 16.9 Å². The Morgan fingerprint density at radius 3 is 2.24 bits per heavy atom. The van der Waals surface area contributed by atoms with Crippen molar-refractivity contribution in [2.45, 2.75) is 47.0 Å². The van der Waals surface area contributed by atoms with Crippen LogP contribution in [-0.4, -0.2) is 17.7 Å². The molecule has 0 atom stereocenters. The molecule has 3 aromatic rings. The molecule has 3 aromatic carbocycles. The molecule has 0 aliphatic carbocycles. The first-order chi connectivity index (χ1) is 17.7. The number of amides is 3. The second-order valence-electron chi connectivity index (χ2n) is 9.34. The van der Waals surface area contributed by atoms with Gasteiger partial charge in [0.25, 0.3) is 17.7 Å². The lowest BCUT2D eigenvalue weighted by atomic mass is 10.0. The highest BCUT2D eigenvalue weighted by atomic mass is 35.5. The van der Waals surface area contributed by atoms with Crippen molar-refractivity contribution in [2.24, 2.45) is 0 Å². The van der Waals surface area contributed by atoms with Crippen molar-refractivity contribution in [2.75, 3.05) is 15.5 Å². The van der Waals surface area contributed by atoms with E-state index in [1.807, 2.05) is 45.0 Å². The predicted octanol–water partition coefficient (Wildman–Crippen LogP) is 6.64. The summed E-state index contributed by atoms with van der Waals surface area (Å²) in [7, 11) is 0. The van der Waals surface area contributed by atoms with E-state index in [1.54, 1.807) is 36.4 Å². The number of imide groups is 1. The van der Waals surface area contributed by atoms with E-state index in [-0.39, 0.29) is 16.6 Å². The molecular formula is C30H30ClN3O3. The number of halogens is 1. The molecular weight excluding hydrogens is 486 g/mol. The molecule has 190 valence electrons. The van der Waals surface area contributed by atoms with Crippen LogP contribution >= 0.6 is 11.6 Å². The molecule has 3 amide bonds. The van der Waals surface area contributed by atoms with Gasteiger partial charge in [-0.3, -0.25) is 14.4 Å². The van der Waals surface area contributed by atoms with Crippen LogP contribution in [0.25, 0.3) is 0 Å². The zero-order valence-electron chi connectivity index (χ0n) is 21.4. The third kappa shape index (κ3) is 5.59. The van der Waals surface area contributed by atoms with Gasteiger partial charge in [0, 0.05) is 16.9 Å². The molecule has 0 bridgehead atoms. The predicted molar refractivity (Wildman–Crippen MR) is 149 cm³/mol. The van der Waals surface area contributed by atoms with Crippen LogP contribution in [0.15, 0.2) is 71.4 Å². The number of carbonyl (C=O) groups is 3. The van der Waals surface area contributed by atoms with Crippen LogP contribution in [0, 0.1) is 20.8 Å². The zero-order chi connectivity index (χ0) is 26.7. The Kier molecular flexibility index (Phi) is 7.79. The number of nitrogens with one attached hydrogen (secondary N) is 2. The van der Waals surface area contributed by atoms with Gasteiger partial charge in [-0.25, -0.2) is 4.90 Å². The standard InChI is InChI=1S/C30H30ClN3O3/c1-5-6-8-21-11-13-24(14-12-21)34-29(36)25(31)27(30(34)37)32-23-10-7-9-22(17-23)28(35)33-26-19(3)15-18(2)16-20(26)4/h7,9-17,32H,5-6,8H2,1-4H3,(H,33,35). The lowest BCUT2D eigenvalue weighted by Gasteiger charge is -2.16. The number of aryl methyl sites for hydroxylation is 4. The molecule has 4 rings (SSSR count). The molecule has 6 nitrogen and oxygen atoms in total. The first kappa shape index (κ1) is 26.2. The van der Waals surface area contributed by atoms with E-state index in [9.17, 15) is 14.4 Å². The fourth-order valence-corrected chi connectivity index (χ4v) is 4.70. The van der Waals surface area contributed by atoms with Crippen LogP contribution in [0.2, 0.25) is 0 Å². The number of carbonyl (C=O) groups excluding carboxylic acids is 3. The van der Waals surface area contributed by atoms with Gasteiger partial charge < -0.3 is 10.6 Å². The summed E-state index contributed by atoms with van der Waals surface area (Å²) in [4.78, 5) is 40.1. The van der Waals surface area contributed by atoms with Crippen molar-refractivity contribution in [3.05, 3.63) is 99.2 Å². The quantitative estimate of drug-likeness (QED) is 0.329. The topological polar surface area (TPSA) is 78.5 Å².